The molecule has 0 aliphatic heterocycles. The van der Waals surface area contributed by atoms with Crippen LogP contribution in [0.3, 0.4) is 0 Å². The first-order chi connectivity index (χ1) is 18.5. The molecule has 0 spiro atoms. The third-order valence-electron chi connectivity index (χ3n) is 6.53. The molecule has 0 saturated heterocycles. The Kier molecular flexibility index (Phi) is 7.13. The number of aryl methyl sites for hydroxylation is 1. The largest absolute Gasteiger partial charge is 0.493 e. The molecule has 0 bridgehead atoms. The van der Waals surface area contributed by atoms with E-state index in [0.717, 1.165) is 29.7 Å². The highest BCUT2D eigenvalue weighted by Gasteiger charge is 2.34. The number of hydrogen-bond acceptors (Lipinski definition) is 5. The third kappa shape index (κ3) is 5.39. The van der Waals surface area contributed by atoms with E-state index in [2.05, 4.69) is 5.32 Å². The Morgan fingerprint density at radius 1 is 0.974 bits per heavy atom. The number of ether oxygens (including phenoxy) is 2. The Labute approximate surface area is 221 Å². The minimum absolute atomic E-state index is 0.0587. The fraction of sp³-hybridized carbons (Fsp3) is 0.233. The lowest BCUT2D eigenvalue weighted by molar-refractivity contribution is -0.117. The van der Waals surface area contributed by atoms with E-state index in [1.165, 1.54) is 0 Å². The summed E-state index contributed by atoms with van der Waals surface area (Å²) < 4.78 is 12.7. The van der Waals surface area contributed by atoms with Crippen LogP contribution in [-0.4, -0.2) is 53.1 Å². The standard InChI is InChI=1S/C30H30N4O4/c1-20-9-11-22(12-10-20)29(36)33(23-13-14-23)19-28(35)32-30-31-25(21-7-5-4-6-8-21)18-34(30)24-15-16-26(37-2)27(17-24)38-3/h4-12,15-18,23H,13-14,19H2,1-3H3,(H,31,32,35). The molecule has 0 unspecified atom stereocenters. The van der Waals surface area contributed by atoms with Crippen molar-refractivity contribution in [3.63, 3.8) is 0 Å². The van der Waals surface area contributed by atoms with Gasteiger partial charge in [-0.15, -0.1) is 0 Å². The van der Waals surface area contributed by atoms with Gasteiger partial charge in [0, 0.05) is 29.4 Å². The fourth-order valence-corrected chi connectivity index (χ4v) is 4.32. The molecule has 8 heteroatoms. The molecule has 3 aromatic carbocycles. The Bertz CT molecular complexity index is 1440. The summed E-state index contributed by atoms with van der Waals surface area (Å²) in [7, 11) is 3.16. The van der Waals surface area contributed by atoms with Crippen molar-refractivity contribution in [2.75, 3.05) is 26.1 Å². The van der Waals surface area contributed by atoms with Crippen molar-refractivity contribution < 1.29 is 19.1 Å². The van der Waals surface area contributed by atoms with Crippen molar-refractivity contribution in [1.82, 2.24) is 14.5 Å². The van der Waals surface area contributed by atoms with E-state index < -0.39 is 0 Å². The van der Waals surface area contributed by atoms with Gasteiger partial charge in [0.2, 0.25) is 11.9 Å². The van der Waals surface area contributed by atoms with Crippen LogP contribution < -0.4 is 14.8 Å². The van der Waals surface area contributed by atoms with Crippen molar-refractivity contribution in [1.29, 1.82) is 0 Å². The van der Waals surface area contributed by atoms with E-state index >= 15 is 0 Å². The van der Waals surface area contributed by atoms with Crippen LogP contribution in [0.5, 0.6) is 11.5 Å². The Morgan fingerprint density at radius 3 is 2.34 bits per heavy atom. The summed E-state index contributed by atoms with van der Waals surface area (Å²) in [5.74, 6) is 1.04. The summed E-state index contributed by atoms with van der Waals surface area (Å²) >= 11 is 0. The van der Waals surface area contributed by atoms with Crippen LogP contribution in [0.25, 0.3) is 16.9 Å². The van der Waals surface area contributed by atoms with Gasteiger partial charge in [0.15, 0.2) is 11.5 Å². The average molecular weight is 511 g/mol. The van der Waals surface area contributed by atoms with Crippen LogP contribution in [0.2, 0.25) is 0 Å². The summed E-state index contributed by atoms with van der Waals surface area (Å²) in [5, 5.41) is 2.94. The number of nitrogens with zero attached hydrogens (tertiary/aromatic N) is 3. The van der Waals surface area contributed by atoms with Crippen LogP contribution in [0, 0.1) is 6.92 Å². The monoisotopic (exact) mass is 510 g/mol. The predicted molar refractivity (Wildman–Crippen MR) is 146 cm³/mol. The molecule has 1 N–H and O–H groups in total. The van der Waals surface area contributed by atoms with Gasteiger partial charge in [-0.05, 0) is 44.0 Å². The van der Waals surface area contributed by atoms with Crippen molar-refractivity contribution in [2.45, 2.75) is 25.8 Å². The van der Waals surface area contributed by atoms with Gasteiger partial charge in [0.1, 0.15) is 6.54 Å². The number of aromatic nitrogens is 2. The molecule has 1 heterocycles. The number of carbonyl (C=O) groups excluding carboxylic acids is 2. The summed E-state index contributed by atoms with van der Waals surface area (Å²) in [5.41, 5.74) is 4.01. The maximum absolute atomic E-state index is 13.3. The fourth-order valence-electron chi connectivity index (χ4n) is 4.32. The number of rotatable bonds is 9. The molecule has 1 aromatic heterocycles. The minimum Gasteiger partial charge on any atom is -0.493 e. The zero-order valence-corrected chi connectivity index (χ0v) is 21.7. The molecule has 4 aromatic rings. The second kappa shape index (κ2) is 10.8. The zero-order chi connectivity index (χ0) is 26.6. The number of hydrogen-bond donors (Lipinski definition) is 1. The highest BCUT2D eigenvalue weighted by Crippen LogP contribution is 2.32. The second-order valence-electron chi connectivity index (χ2n) is 9.30. The van der Waals surface area contributed by atoms with E-state index in [0.29, 0.717) is 28.7 Å². The van der Waals surface area contributed by atoms with Gasteiger partial charge in [-0.1, -0.05) is 48.0 Å². The van der Waals surface area contributed by atoms with Crippen LogP contribution in [0.15, 0.2) is 79.0 Å². The minimum atomic E-state index is -0.315. The van der Waals surface area contributed by atoms with Gasteiger partial charge in [0.25, 0.3) is 5.91 Å². The topological polar surface area (TPSA) is 85.7 Å². The molecule has 2 amide bonds. The maximum Gasteiger partial charge on any atom is 0.254 e. The maximum atomic E-state index is 13.3. The van der Waals surface area contributed by atoms with E-state index in [-0.39, 0.29) is 24.4 Å². The van der Waals surface area contributed by atoms with Crippen LogP contribution in [0.4, 0.5) is 5.95 Å². The average Bonchev–Trinajstić information content (AvgIpc) is 3.71. The molecule has 38 heavy (non-hydrogen) atoms. The quantitative estimate of drug-likeness (QED) is 0.338. The molecule has 0 radical (unpaired) electrons. The molecule has 1 aliphatic carbocycles. The van der Waals surface area contributed by atoms with Gasteiger partial charge < -0.3 is 14.4 Å². The number of anilines is 1. The molecule has 8 nitrogen and oxygen atoms in total. The lowest BCUT2D eigenvalue weighted by atomic mass is 10.1. The third-order valence-corrected chi connectivity index (χ3v) is 6.53. The van der Waals surface area contributed by atoms with Crippen molar-refractivity contribution in [2.24, 2.45) is 0 Å². The highest BCUT2D eigenvalue weighted by molar-refractivity contribution is 5.99. The van der Waals surface area contributed by atoms with Crippen molar-refractivity contribution >= 4 is 17.8 Å². The Balaban J connectivity index is 1.44. The van der Waals surface area contributed by atoms with Gasteiger partial charge in [0.05, 0.1) is 25.6 Å². The lowest BCUT2D eigenvalue weighted by Gasteiger charge is -2.22. The molecule has 194 valence electrons. The first-order valence-corrected chi connectivity index (χ1v) is 12.5. The summed E-state index contributed by atoms with van der Waals surface area (Å²) in [6.45, 7) is 1.92. The molecular formula is C30H30N4O4. The highest BCUT2D eigenvalue weighted by atomic mass is 16.5. The lowest BCUT2D eigenvalue weighted by Crippen LogP contribution is -2.39. The van der Waals surface area contributed by atoms with E-state index in [1.807, 2.05) is 67.7 Å². The van der Waals surface area contributed by atoms with Crippen LogP contribution >= 0.6 is 0 Å². The molecule has 1 aliphatic rings. The molecule has 5 rings (SSSR count). The van der Waals surface area contributed by atoms with Gasteiger partial charge in [-0.2, -0.15) is 0 Å². The smallest absolute Gasteiger partial charge is 0.254 e. The number of amides is 2. The molecule has 1 saturated carbocycles. The number of benzene rings is 3. The number of carbonyl (C=O) groups is 2. The van der Waals surface area contributed by atoms with E-state index in [9.17, 15) is 9.59 Å². The Hall–Kier alpha value is -4.59. The van der Waals surface area contributed by atoms with E-state index in [4.69, 9.17) is 14.5 Å². The van der Waals surface area contributed by atoms with Crippen LogP contribution in [-0.2, 0) is 4.79 Å². The van der Waals surface area contributed by atoms with E-state index in [1.54, 1.807) is 41.9 Å². The molecule has 0 atom stereocenters. The van der Waals surface area contributed by atoms with Gasteiger partial charge in [-0.25, -0.2) is 4.98 Å². The summed E-state index contributed by atoms with van der Waals surface area (Å²) in [4.78, 5) is 32.9. The van der Waals surface area contributed by atoms with Crippen LogP contribution in [0.1, 0.15) is 28.8 Å². The Morgan fingerprint density at radius 2 is 1.68 bits per heavy atom. The van der Waals surface area contributed by atoms with Crippen molar-refractivity contribution in [3.05, 3.63) is 90.1 Å². The van der Waals surface area contributed by atoms with Gasteiger partial charge in [-0.3, -0.25) is 19.5 Å². The number of methoxy groups -OCH3 is 2. The van der Waals surface area contributed by atoms with Gasteiger partial charge >= 0.3 is 0 Å². The first-order valence-electron chi connectivity index (χ1n) is 12.5. The summed E-state index contributed by atoms with van der Waals surface area (Å²) in [6, 6.07) is 22.7. The zero-order valence-electron chi connectivity index (χ0n) is 21.7. The number of nitrogens with one attached hydrogen (secondary N) is 1. The normalized spacial score (nSPS) is 12.6. The molecule has 1 fully saturated rings. The first kappa shape index (κ1) is 25.1. The second-order valence-corrected chi connectivity index (χ2v) is 9.30. The predicted octanol–water partition coefficient (Wildman–Crippen LogP) is 5.11. The SMILES string of the molecule is COc1ccc(-n2cc(-c3ccccc3)nc2NC(=O)CN(C(=O)c2ccc(C)cc2)C2CC2)cc1OC. The van der Waals surface area contributed by atoms with Crippen molar-refractivity contribution in [3.8, 4) is 28.4 Å². The number of imidazole rings is 1. The summed E-state index contributed by atoms with van der Waals surface area (Å²) in [6.07, 6.45) is 3.65. The molecular weight excluding hydrogens is 480 g/mol.